The average Bonchev–Trinajstić information content (AvgIpc) is 2.23. The lowest BCUT2D eigenvalue weighted by molar-refractivity contribution is -0.126. The number of rotatable bonds is 9. The van der Waals surface area contributed by atoms with Crippen LogP contribution in [0.5, 0.6) is 0 Å². The molecular weight excluding hydrogens is 332 g/mol. The van der Waals surface area contributed by atoms with Crippen LogP contribution in [0.15, 0.2) is 12.7 Å². The minimum absolute atomic E-state index is 0.00208. The van der Waals surface area contributed by atoms with E-state index in [9.17, 15) is 21.6 Å². The van der Waals surface area contributed by atoms with Gasteiger partial charge in [-0.3, -0.25) is 4.79 Å². The van der Waals surface area contributed by atoms with Crippen molar-refractivity contribution in [2.24, 2.45) is 0 Å². The number of sulfonamides is 2. The van der Waals surface area contributed by atoms with Gasteiger partial charge in [0.1, 0.15) is 5.72 Å². The van der Waals surface area contributed by atoms with E-state index >= 15 is 0 Å². The molecule has 0 radical (unpaired) electrons. The molecule has 10 heteroatoms. The Morgan fingerprint density at radius 1 is 1.18 bits per heavy atom. The van der Waals surface area contributed by atoms with Gasteiger partial charge >= 0.3 is 0 Å². The summed E-state index contributed by atoms with van der Waals surface area (Å²) in [6.07, 6.45) is 1.89. The number of nitrogens with one attached hydrogen (secondary N) is 2. The van der Waals surface area contributed by atoms with Gasteiger partial charge in [0.15, 0.2) is 0 Å². The monoisotopic (exact) mass is 356 g/mol. The van der Waals surface area contributed by atoms with Crippen LogP contribution in [0.4, 0.5) is 0 Å². The van der Waals surface area contributed by atoms with Gasteiger partial charge in [0, 0.05) is 0 Å². The molecule has 22 heavy (non-hydrogen) atoms. The Kier molecular flexibility index (Phi) is 6.76. The van der Waals surface area contributed by atoms with Crippen LogP contribution in [0.25, 0.3) is 0 Å². The number of hydrogen-bond acceptors (Lipinski definition) is 6. The van der Waals surface area contributed by atoms with E-state index in [2.05, 4.69) is 11.9 Å². The summed E-state index contributed by atoms with van der Waals surface area (Å²) in [5, 5.41) is 2.53. The zero-order chi connectivity index (χ0) is 17.8. The SMILES string of the molecule is C=CC(=O)NC(C)(C)OCCC(C)(C)S(=O)(=O)NS(C)(=O)=O. The fraction of sp³-hybridized carbons (Fsp3) is 0.750. The number of hydrogen-bond donors (Lipinski definition) is 2. The molecule has 0 saturated heterocycles. The molecule has 8 nitrogen and oxygen atoms in total. The molecule has 0 spiro atoms. The van der Waals surface area contributed by atoms with Crippen LogP contribution >= 0.6 is 0 Å². The number of carbonyl (C=O) groups excluding carboxylic acids is 1. The highest BCUT2D eigenvalue weighted by Crippen LogP contribution is 2.21. The lowest BCUT2D eigenvalue weighted by Crippen LogP contribution is -2.47. The fourth-order valence-electron chi connectivity index (χ4n) is 1.38. The first-order valence-electron chi connectivity index (χ1n) is 6.43. The lowest BCUT2D eigenvalue weighted by atomic mass is 10.1. The van der Waals surface area contributed by atoms with Crippen LogP contribution in [0.2, 0.25) is 0 Å². The Morgan fingerprint density at radius 2 is 1.68 bits per heavy atom. The van der Waals surface area contributed by atoms with Gasteiger partial charge in [0.2, 0.25) is 26.0 Å². The molecule has 0 unspecified atom stereocenters. The van der Waals surface area contributed by atoms with E-state index in [1.165, 1.54) is 13.8 Å². The highest BCUT2D eigenvalue weighted by atomic mass is 32.3. The molecular formula is C12H24N2O6S2. The molecule has 0 aliphatic rings. The van der Waals surface area contributed by atoms with E-state index in [0.717, 1.165) is 12.3 Å². The molecule has 1 amide bonds. The molecule has 0 aromatic rings. The number of carbonyl (C=O) groups is 1. The normalized spacial score (nSPS) is 13.7. The molecule has 0 rings (SSSR count). The Hall–Kier alpha value is -0.970. The predicted octanol–water partition coefficient (Wildman–Crippen LogP) is 0.0890. The summed E-state index contributed by atoms with van der Waals surface area (Å²) in [5.41, 5.74) is -1.00. The maximum atomic E-state index is 12.0. The van der Waals surface area contributed by atoms with Crippen molar-refractivity contribution in [3.8, 4) is 0 Å². The van der Waals surface area contributed by atoms with E-state index in [0.29, 0.717) is 0 Å². The molecule has 0 atom stereocenters. The van der Waals surface area contributed by atoms with Crippen LogP contribution in [0.3, 0.4) is 0 Å². The highest BCUT2D eigenvalue weighted by Gasteiger charge is 2.36. The second-order valence-electron chi connectivity index (χ2n) is 5.92. The van der Waals surface area contributed by atoms with E-state index in [-0.39, 0.29) is 13.0 Å². The summed E-state index contributed by atoms with van der Waals surface area (Å²) in [4.78, 5) is 11.2. The molecule has 2 N–H and O–H groups in total. The Labute approximate surface area is 132 Å². The summed E-state index contributed by atoms with van der Waals surface area (Å²) in [7, 11) is -7.97. The summed E-state index contributed by atoms with van der Waals surface area (Å²) >= 11 is 0. The fourth-order valence-corrected chi connectivity index (χ4v) is 4.23. The summed E-state index contributed by atoms with van der Waals surface area (Å²) < 4.78 is 51.9. The van der Waals surface area contributed by atoms with Gasteiger partial charge in [-0.25, -0.2) is 16.8 Å². The Balaban J connectivity index is 4.75. The van der Waals surface area contributed by atoms with Gasteiger partial charge in [0.25, 0.3) is 0 Å². The molecule has 0 fully saturated rings. The summed E-state index contributed by atoms with van der Waals surface area (Å²) in [6, 6.07) is 0. The van der Waals surface area contributed by atoms with Crippen molar-refractivity contribution < 1.29 is 26.4 Å². The minimum Gasteiger partial charge on any atom is -0.356 e. The zero-order valence-electron chi connectivity index (χ0n) is 13.5. The van der Waals surface area contributed by atoms with E-state index in [4.69, 9.17) is 4.74 Å². The van der Waals surface area contributed by atoms with E-state index in [1.54, 1.807) is 18.0 Å². The first-order valence-corrected chi connectivity index (χ1v) is 9.81. The third-order valence-corrected chi connectivity index (χ3v) is 6.51. The maximum absolute atomic E-state index is 12.0. The van der Waals surface area contributed by atoms with Gasteiger partial charge in [-0.2, -0.15) is 0 Å². The predicted molar refractivity (Wildman–Crippen MR) is 84.0 cm³/mol. The van der Waals surface area contributed by atoms with Gasteiger partial charge in [-0.15, -0.1) is 4.13 Å². The van der Waals surface area contributed by atoms with Gasteiger partial charge in [0.05, 0.1) is 17.6 Å². The van der Waals surface area contributed by atoms with Crippen molar-refractivity contribution in [1.82, 2.24) is 9.44 Å². The van der Waals surface area contributed by atoms with Crippen LogP contribution in [0.1, 0.15) is 34.1 Å². The number of ether oxygens (including phenoxy) is 1. The van der Waals surface area contributed by atoms with Crippen LogP contribution < -0.4 is 9.44 Å². The van der Waals surface area contributed by atoms with E-state index < -0.39 is 36.4 Å². The Morgan fingerprint density at radius 3 is 2.09 bits per heavy atom. The quantitative estimate of drug-likeness (QED) is 0.446. The molecule has 0 saturated carbocycles. The molecule has 0 aromatic heterocycles. The second kappa shape index (κ2) is 7.07. The van der Waals surface area contributed by atoms with Crippen LogP contribution in [-0.4, -0.2) is 46.1 Å². The number of amides is 1. The van der Waals surface area contributed by atoms with Crippen molar-refractivity contribution in [1.29, 1.82) is 0 Å². The second-order valence-corrected chi connectivity index (χ2v) is 10.2. The Bertz CT molecular complexity index is 620. The smallest absolute Gasteiger partial charge is 0.245 e. The van der Waals surface area contributed by atoms with Gasteiger partial charge < -0.3 is 10.1 Å². The average molecular weight is 356 g/mol. The molecule has 0 aliphatic heterocycles. The zero-order valence-corrected chi connectivity index (χ0v) is 15.1. The van der Waals surface area contributed by atoms with Crippen molar-refractivity contribution >= 4 is 26.0 Å². The standard InChI is InChI=1S/C12H24N2O6S2/c1-7-10(15)13-12(4,5)20-9-8-11(2,3)22(18,19)14-21(6,16)17/h7,14H,1,8-9H2,2-6H3,(H,13,15). The molecule has 0 heterocycles. The third kappa shape index (κ3) is 7.34. The first kappa shape index (κ1) is 21.0. The largest absolute Gasteiger partial charge is 0.356 e. The lowest BCUT2D eigenvalue weighted by Gasteiger charge is -2.29. The maximum Gasteiger partial charge on any atom is 0.245 e. The summed E-state index contributed by atoms with van der Waals surface area (Å²) in [5.74, 6) is -0.421. The molecule has 0 aliphatic carbocycles. The van der Waals surface area contributed by atoms with Crippen molar-refractivity contribution in [2.75, 3.05) is 12.9 Å². The van der Waals surface area contributed by atoms with Gasteiger partial charge in [-0.05, 0) is 40.2 Å². The molecule has 0 aromatic carbocycles. The van der Waals surface area contributed by atoms with Crippen LogP contribution in [-0.2, 0) is 29.6 Å². The van der Waals surface area contributed by atoms with E-state index in [1.807, 2.05) is 0 Å². The van der Waals surface area contributed by atoms with Crippen LogP contribution in [0, 0.1) is 0 Å². The van der Waals surface area contributed by atoms with Gasteiger partial charge in [-0.1, -0.05) is 6.58 Å². The molecule has 130 valence electrons. The topological polar surface area (TPSA) is 119 Å². The van der Waals surface area contributed by atoms with Crippen molar-refractivity contribution in [3.05, 3.63) is 12.7 Å². The van der Waals surface area contributed by atoms with Crippen molar-refractivity contribution in [2.45, 2.75) is 44.6 Å². The minimum atomic E-state index is -4.08. The first-order chi connectivity index (χ1) is 9.62. The molecule has 0 bridgehead atoms. The highest BCUT2D eigenvalue weighted by molar-refractivity contribution is 8.05. The third-order valence-electron chi connectivity index (χ3n) is 2.77. The van der Waals surface area contributed by atoms with Crippen molar-refractivity contribution in [3.63, 3.8) is 0 Å². The summed E-state index contributed by atoms with van der Waals surface area (Å²) in [6.45, 7) is 9.30.